The Morgan fingerprint density at radius 2 is 0.877 bits per heavy atom. The Morgan fingerprint density at radius 3 is 1.48 bits per heavy atom. The van der Waals surface area contributed by atoms with Crippen molar-refractivity contribution >= 4 is 32.8 Å². The van der Waals surface area contributed by atoms with Crippen LogP contribution >= 0.6 is 0 Å². The summed E-state index contributed by atoms with van der Waals surface area (Å²) in [7, 11) is 0. The fourth-order valence-corrected chi connectivity index (χ4v) is 10.1. The van der Waals surface area contributed by atoms with Crippen molar-refractivity contribution in [2.75, 3.05) is 0 Å². The molecule has 0 amide bonds. The van der Waals surface area contributed by atoms with Gasteiger partial charge in [0.1, 0.15) is 11.6 Å². The number of nitrogens with zero attached hydrogens (tertiary/aromatic N) is 5. The summed E-state index contributed by atoms with van der Waals surface area (Å²) < 4.78 is 4.69. The molecule has 0 aliphatic carbocycles. The minimum absolute atomic E-state index is 0.0491. The standard InChI is InChI=1S/C67H71N5O/c1-63(2,3)43-33-41(50-24-21-28-57-59(50)70-62(54-23-17-19-29-58(54)73)72(57)49-39-46(66(10,11)12)36-47(40-49)67(13,14)15)32-42(34-43)61-68-31-30-55(69-61)53-26-20-25-52-51-22-16-18-27-56(51)71(60(52)53)48-37-44(64(4,5)6)35-45(38-48)65(7,8)9/h16-40,73H,1-15H3. The highest BCUT2D eigenvalue weighted by Crippen LogP contribution is 2.44. The summed E-state index contributed by atoms with van der Waals surface area (Å²) in [4.78, 5) is 16.0. The van der Waals surface area contributed by atoms with Crippen LogP contribution in [-0.4, -0.2) is 29.2 Å². The molecule has 0 bridgehead atoms. The molecule has 0 saturated carbocycles. The van der Waals surface area contributed by atoms with Gasteiger partial charge < -0.3 is 9.67 Å². The third kappa shape index (κ3) is 9.15. The monoisotopic (exact) mass is 962 g/mol. The summed E-state index contributed by atoms with van der Waals surface area (Å²) in [5.41, 5.74) is 17.5. The second-order valence-corrected chi connectivity index (χ2v) is 25.4. The molecule has 0 aliphatic heterocycles. The molecule has 1 N–H and O–H groups in total. The molecule has 3 aromatic heterocycles. The molecule has 0 fully saturated rings. The van der Waals surface area contributed by atoms with Gasteiger partial charge in [0.15, 0.2) is 5.82 Å². The summed E-state index contributed by atoms with van der Waals surface area (Å²) in [6, 6.07) is 52.3. The molecule has 6 nitrogen and oxygen atoms in total. The summed E-state index contributed by atoms with van der Waals surface area (Å²) in [6.45, 7) is 34.2. The number of phenols is 1. The fourth-order valence-electron chi connectivity index (χ4n) is 10.1. The highest BCUT2D eigenvalue weighted by molar-refractivity contribution is 6.13. The lowest BCUT2D eigenvalue weighted by Crippen LogP contribution is -2.17. The van der Waals surface area contributed by atoms with Crippen molar-refractivity contribution in [2.24, 2.45) is 0 Å². The van der Waals surface area contributed by atoms with Crippen LogP contribution in [-0.2, 0) is 27.1 Å². The Morgan fingerprint density at radius 1 is 0.397 bits per heavy atom. The van der Waals surface area contributed by atoms with Gasteiger partial charge in [-0.05, 0) is 127 Å². The molecule has 6 heteroatoms. The Balaban J connectivity index is 1.19. The topological polar surface area (TPSA) is 68.8 Å². The second kappa shape index (κ2) is 17.4. The Hall–Kier alpha value is -7.31. The van der Waals surface area contributed by atoms with E-state index < -0.39 is 0 Å². The van der Waals surface area contributed by atoms with Crippen LogP contribution in [0.3, 0.4) is 0 Å². The van der Waals surface area contributed by atoms with E-state index in [9.17, 15) is 5.11 Å². The number of aromatic hydroxyl groups is 1. The van der Waals surface area contributed by atoms with Gasteiger partial charge in [-0.1, -0.05) is 183 Å². The fraction of sp³-hybridized carbons (Fsp3) is 0.299. The second-order valence-electron chi connectivity index (χ2n) is 25.4. The van der Waals surface area contributed by atoms with E-state index in [1.54, 1.807) is 6.07 Å². The quantitative estimate of drug-likeness (QED) is 0.180. The SMILES string of the molecule is CC(C)(C)c1cc(-c2nccc(-c3cccc4c5ccccc5n(-c5cc(C(C)(C)C)cc(C(C)(C)C)c5)c34)n2)cc(-c2cccc3c2nc(-c2ccccc2O)n3-c2cc(C(C)(C)C)cc(C(C)(C)C)c2)c1. The number of para-hydroxylation sites is 4. The normalized spacial score (nSPS) is 12.9. The highest BCUT2D eigenvalue weighted by Gasteiger charge is 2.28. The van der Waals surface area contributed by atoms with Gasteiger partial charge in [-0.3, -0.25) is 4.57 Å². The van der Waals surface area contributed by atoms with E-state index in [0.29, 0.717) is 17.2 Å². The number of fused-ring (bicyclic) bond motifs is 4. The molecule has 0 radical (unpaired) electrons. The first-order valence-electron chi connectivity index (χ1n) is 25.9. The summed E-state index contributed by atoms with van der Waals surface area (Å²) in [6.07, 6.45) is 1.91. The van der Waals surface area contributed by atoms with E-state index in [0.717, 1.165) is 67.0 Å². The molecule has 3 heterocycles. The number of benzene rings is 7. The maximum atomic E-state index is 11.5. The van der Waals surface area contributed by atoms with Gasteiger partial charge in [-0.15, -0.1) is 0 Å². The van der Waals surface area contributed by atoms with Crippen LogP contribution in [0.1, 0.15) is 132 Å². The Bertz CT molecular complexity index is 3710. The van der Waals surface area contributed by atoms with Crippen LogP contribution in [0.25, 0.3) is 89.4 Å². The van der Waals surface area contributed by atoms with Crippen LogP contribution in [0.4, 0.5) is 0 Å². The van der Waals surface area contributed by atoms with Crippen molar-refractivity contribution < 1.29 is 5.11 Å². The number of phenolic OH excluding ortho intramolecular Hbond substituents is 1. The lowest BCUT2D eigenvalue weighted by atomic mass is 9.80. The van der Waals surface area contributed by atoms with Crippen LogP contribution in [0.5, 0.6) is 5.75 Å². The summed E-state index contributed by atoms with van der Waals surface area (Å²) in [5.74, 6) is 1.51. The molecule has 370 valence electrons. The van der Waals surface area contributed by atoms with Crippen molar-refractivity contribution in [1.29, 1.82) is 0 Å². The highest BCUT2D eigenvalue weighted by atomic mass is 16.3. The zero-order valence-corrected chi connectivity index (χ0v) is 45.6. The third-order valence-electron chi connectivity index (χ3n) is 14.6. The minimum atomic E-state index is -0.201. The molecule has 10 aromatic rings. The van der Waals surface area contributed by atoms with Crippen molar-refractivity contribution in [3.8, 4) is 62.3 Å². The molecular formula is C67H71N5O. The molecule has 7 aromatic carbocycles. The van der Waals surface area contributed by atoms with Gasteiger partial charge in [0, 0.05) is 45.0 Å². The lowest BCUT2D eigenvalue weighted by molar-refractivity contribution is 0.477. The average molecular weight is 962 g/mol. The van der Waals surface area contributed by atoms with E-state index in [-0.39, 0.29) is 32.8 Å². The molecule has 0 atom stereocenters. The number of imidazole rings is 1. The number of hydrogen-bond acceptors (Lipinski definition) is 4. The number of hydrogen-bond donors (Lipinski definition) is 1. The van der Waals surface area contributed by atoms with Crippen molar-refractivity contribution in [3.05, 3.63) is 180 Å². The molecule has 0 spiro atoms. The van der Waals surface area contributed by atoms with Crippen molar-refractivity contribution in [1.82, 2.24) is 24.1 Å². The third-order valence-corrected chi connectivity index (χ3v) is 14.6. The predicted octanol–water partition coefficient (Wildman–Crippen LogP) is 17.8. The van der Waals surface area contributed by atoms with Gasteiger partial charge in [0.25, 0.3) is 0 Å². The average Bonchev–Trinajstić information content (AvgIpc) is 3.89. The van der Waals surface area contributed by atoms with Crippen LogP contribution in [0.2, 0.25) is 0 Å². The molecule has 0 unspecified atom stereocenters. The zero-order chi connectivity index (χ0) is 52.2. The summed E-state index contributed by atoms with van der Waals surface area (Å²) in [5, 5.41) is 13.9. The van der Waals surface area contributed by atoms with Crippen LogP contribution in [0.15, 0.2) is 152 Å². The maximum absolute atomic E-state index is 11.5. The van der Waals surface area contributed by atoms with E-state index >= 15 is 0 Å². The zero-order valence-electron chi connectivity index (χ0n) is 45.6. The minimum Gasteiger partial charge on any atom is -0.507 e. The first-order valence-corrected chi connectivity index (χ1v) is 25.9. The van der Waals surface area contributed by atoms with E-state index in [1.807, 2.05) is 24.4 Å². The number of aromatic nitrogens is 5. The first-order chi connectivity index (χ1) is 34.3. The van der Waals surface area contributed by atoms with Gasteiger partial charge in [0.05, 0.1) is 33.3 Å². The van der Waals surface area contributed by atoms with Gasteiger partial charge in [-0.2, -0.15) is 0 Å². The number of rotatable bonds is 6. The predicted molar refractivity (Wildman–Crippen MR) is 308 cm³/mol. The first kappa shape index (κ1) is 49.3. The van der Waals surface area contributed by atoms with E-state index in [1.165, 1.54) is 33.0 Å². The van der Waals surface area contributed by atoms with E-state index in [2.05, 4.69) is 234 Å². The Kier molecular flexibility index (Phi) is 11.8. The largest absolute Gasteiger partial charge is 0.507 e. The van der Waals surface area contributed by atoms with Crippen LogP contribution in [0, 0.1) is 0 Å². The van der Waals surface area contributed by atoms with E-state index in [4.69, 9.17) is 15.0 Å². The molecule has 0 saturated heterocycles. The maximum Gasteiger partial charge on any atom is 0.159 e. The van der Waals surface area contributed by atoms with Gasteiger partial charge >= 0.3 is 0 Å². The van der Waals surface area contributed by atoms with Gasteiger partial charge in [-0.25, -0.2) is 15.0 Å². The molecule has 10 rings (SSSR count). The van der Waals surface area contributed by atoms with Crippen molar-refractivity contribution in [2.45, 2.75) is 131 Å². The molecule has 0 aliphatic rings. The molecular weight excluding hydrogens is 891 g/mol. The summed E-state index contributed by atoms with van der Waals surface area (Å²) >= 11 is 0. The smallest absolute Gasteiger partial charge is 0.159 e. The van der Waals surface area contributed by atoms with Crippen LogP contribution < -0.4 is 0 Å². The van der Waals surface area contributed by atoms with Gasteiger partial charge in [0.2, 0.25) is 0 Å². The van der Waals surface area contributed by atoms with Crippen molar-refractivity contribution in [3.63, 3.8) is 0 Å². The lowest BCUT2D eigenvalue weighted by Gasteiger charge is -2.27. The Labute approximate surface area is 432 Å². The molecule has 73 heavy (non-hydrogen) atoms.